The molecule has 0 aliphatic carbocycles. The molecular formula is C25H47IN2O4S2. The molecule has 1 atom stereocenters. The lowest BCUT2D eigenvalue weighted by molar-refractivity contribution is 0.207. The summed E-state index contributed by atoms with van der Waals surface area (Å²) in [6, 6.07) is 1.65. The highest BCUT2D eigenvalue weighted by molar-refractivity contribution is 14.1. The first-order valence-electron chi connectivity index (χ1n) is 13.3. The van der Waals surface area contributed by atoms with Gasteiger partial charge in [0.05, 0.1) is 5.75 Å². The van der Waals surface area contributed by atoms with Gasteiger partial charge < -0.3 is 9.26 Å². The second kappa shape index (κ2) is 22.2. The van der Waals surface area contributed by atoms with Crippen LogP contribution in [0.3, 0.4) is 0 Å². The Bertz CT molecular complexity index is 660. The summed E-state index contributed by atoms with van der Waals surface area (Å²) in [5.41, 5.74) is 0. The van der Waals surface area contributed by atoms with Crippen LogP contribution in [0.1, 0.15) is 103 Å². The number of thioether (sulfide) groups is 1. The summed E-state index contributed by atoms with van der Waals surface area (Å²) in [4.78, 5) is 0. The third-order valence-corrected chi connectivity index (χ3v) is 9.11. The maximum absolute atomic E-state index is 12.1. The monoisotopic (exact) mass is 630 g/mol. The summed E-state index contributed by atoms with van der Waals surface area (Å²) < 4.78 is 38.4. The predicted octanol–water partition coefficient (Wildman–Crippen LogP) is 7.38. The molecule has 0 aromatic carbocycles. The zero-order chi connectivity index (χ0) is 24.7. The smallest absolute Gasteiger partial charge is 0.254 e. The van der Waals surface area contributed by atoms with E-state index < -0.39 is 10.0 Å². The van der Waals surface area contributed by atoms with Gasteiger partial charge in [-0.05, 0) is 23.8 Å². The van der Waals surface area contributed by atoms with Crippen LogP contribution in [0.15, 0.2) is 16.9 Å². The van der Waals surface area contributed by atoms with Crippen molar-refractivity contribution in [1.29, 1.82) is 0 Å². The van der Waals surface area contributed by atoms with Gasteiger partial charge in [-0.3, -0.25) is 0 Å². The Morgan fingerprint density at radius 2 is 1.56 bits per heavy atom. The number of halogens is 1. The Balaban J connectivity index is 2.05. The van der Waals surface area contributed by atoms with Crippen molar-refractivity contribution in [2.75, 3.05) is 28.2 Å². The molecule has 1 unspecified atom stereocenters. The maximum Gasteiger partial charge on any atom is 0.254 e. The van der Waals surface area contributed by atoms with Crippen LogP contribution < -0.4 is 9.46 Å². The second-order valence-electron chi connectivity index (χ2n) is 8.96. The van der Waals surface area contributed by atoms with Gasteiger partial charge in [0.25, 0.3) is 5.88 Å². The number of nitrogens with zero attached hydrogens (tertiary/aromatic N) is 1. The van der Waals surface area contributed by atoms with Gasteiger partial charge in [-0.15, -0.1) is 0 Å². The summed E-state index contributed by atoms with van der Waals surface area (Å²) >= 11 is 4.01. The van der Waals surface area contributed by atoms with Crippen LogP contribution >= 0.6 is 34.4 Å². The average Bonchev–Trinajstić information content (AvgIpc) is 3.34. The molecule has 9 heteroatoms. The standard InChI is InChI=1S/C25H47IN2O4S2/c1-2-3-4-5-6-7-8-9-10-11-12-13-14-15-20-33-23-24(32-25-17-19-31-28-25)22-27-34(29,30)21-16-18-26/h17,19,24,27H,2-16,18,20-23H2,1H3. The van der Waals surface area contributed by atoms with E-state index in [-0.39, 0.29) is 18.4 Å². The number of hydrogen-bond acceptors (Lipinski definition) is 6. The number of hydrogen-bond donors (Lipinski definition) is 1. The molecular weight excluding hydrogens is 583 g/mol. The molecule has 0 radical (unpaired) electrons. The topological polar surface area (TPSA) is 81.4 Å². The lowest BCUT2D eigenvalue weighted by atomic mass is 10.0. The van der Waals surface area contributed by atoms with E-state index in [2.05, 4.69) is 39.4 Å². The van der Waals surface area contributed by atoms with E-state index in [9.17, 15) is 8.42 Å². The van der Waals surface area contributed by atoms with E-state index in [1.807, 2.05) is 11.8 Å². The molecule has 1 aromatic heterocycles. The molecule has 1 heterocycles. The fourth-order valence-electron chi connectivity index (χ4n) is 3.72. The van der Waals surface area contributed by atoms with Crippen molar-refractivity contribution in [3.63, 3.8) is 0 Å². The van der Waals surface area contributed by atoms with Gasteiger partial charge in [-0.1, -0.05) is 113 Å². The molecule has 34 heavy (non-hydrogen) atoms. The highest BCUT2D eigenvalue weighted by Gasteiger charge is 2.17. The molecule has 1 rings (SSSR count). The molecule has 1 aromatic rings. The summed E-state index contributed by atoms with van der Waals surface area (Å²) in [6.07, 6.45) is 20.9. The van der Waals surface area contributed by atoms with E-state index in [1.54, 1.807) is 6.07 Å². The molecule has 0 fully saturated rings. The first kappa shape index (κ1) is 32.0. The van der Waals surface area contributed by atoms with Gasteiger partial charge in [0.1, 0.15) is 12.4 Å². The van der Waals surface area contributed by atoms with Crippen molar-refractivity contribution < 1.29 is 17.7 Å². The minimum atomic E-state index is -3.27. The lowest BCUT2D eigenvalue weighted by Gasteiger charge is -2.18. The van der Waals surface area contributed by atoms with Gasteiger partial charge >= 0.3 is 0 Å². The van der Waals surface area contributed by atoms with E-state index in [0.717, 1.165) is 15.9 Å². The Kier molecular flexibility index (Phi) is 20.9. The quantitative estimate of drug-likeness (QED) is 0.0690. The number of rotatable bonds is 25. The van der Waals surface area contributed by atoms with E-state index in [0.29, 0.717) is 12.3 Å². The molecule has 200 valence electrons. The summed E-state index contributed by atoms with van der Waals surface area (Å²) in [6.45, 7) is 2.53. The molecule has 0 bridgehead atoms. The van der Waals surface area contributed by atoms with Gasteiger partial charge in [-0.2, -0.15) is 11.8 Å². The van der Waals surface area contributed by atoms with Crippen LogP contribution in [-0.2, 0) is 10.0 Å². The van der Waals surface area contributed by atoms with Crippen LogP contribution in [-0.4, -0.2) is 47.9 Å². The molecule has 0 aliphatic heterocycles. The van der Waals surface area contributed by atoms with Crippen molar-refractivity contribution in [2.45, 2.75) is 109 Å². The zero-order valence-corrected chi connectivity index (χ0v) is 24.9. The molecule has 0 spiro atoms. The van der Waals surface area contributed by atoms with E-state index >= 15 is 0 Å². The predicted molar refractivity (Wildman–Crippen MR) is 154 cm³/mol. The summed E-state index contributed by atoms with van der Waals surface area (Å²) in [7, 11) is -3.27. The molecule has 0 saturated heterocycles. The number of aromatic nitrogens is 1. The largest absolute Gasteiger partial charge is 0.470 e. The highest BCUT2D eigenvalue weighted by Crippen LogP contribution is 2.16. The molecule has 0 amide bonds. The van der Waals surface area contributed by atoms with Crippen LogP contribution in [0.25, 0.3) is 0 Å². The molecule has 0 saturated carbocycles. The van der Waals surface area contributed by atoms with Crippen LogP contribution in [0.5, 0.6) is 5.88 Å². The molecule has 1 N–H and O–H groups in total. The zero-order valence-electron chi connectivity index (χ0n) is 21.1. The van der Waals surface area contributed by atoms with Gasteiger partial charge in [0.2, 0.25) is 10.0 Å². The highest BCUT2D eigenvalue weighted by atomic mass is 127. The lowest BCUT2D eigenvalue weighted by Crippen LogP contribution is -2.38. The Labute approximate surface area is 226 Å². The molecule has 6 nitrogen and oxygen atoms in total. The number of unbranched alkanes of at least 4 members (excludes halogenated alkanes) is 13. The van der Waals surface area contributed by atoms with Gasteiger partial charge in [-0.25, -0.2) is 13.1 Å². The van der Waals surface area contributed by atoms with Crippen molar-refractivity contribution in [1.82, 2.24) is 9.88 Å². The average molecular weight is 631 g/mol. The number of ether oxygens (including phenoxy) is 1. The first-order chi connectivity index (χ1) is 16.6. The van der Waals surface area contributed by atoms with Crippen molar-refractivity contribution in [3.8, 4) is 5.88 Å². The van der Waals surface area contributed by atoms with E-state index in [1.165, 1.54) is 96.2 Å². The Morgan fingerprint density at radius 3 is 2.09 bits per heavy atom. The fourth-order valence-corrected chi connectivity index (χ4v) is 6.75. The Morgan fingerprint density at radius 1 is 0.971 bits per heavy atom. The second-order valence-corrected chi connectivity index (χ2v) is 13.1. The Hall–Kier alpha value is -0.000000000000000222. The first-order valence-corrected chi connectivity index (χ1v) is 17.6. The van der Waals surface area contributed by atoms with Crippen molar-refractivity contribution in [2.24, 2.45) is 0 Å². The van der Waals surface area contributed by atoms with Crippen LogP contribution in [0.4, 0.5) is 0 Å². The van der Waals surface area contributed by atoms with Crippen molar-refractivity contribution >= 4 is 44.4 Å². The SMILES string of the molecule is CCCCCCCCCCCCCCCCSCC(CNS(=O)(=O)CCCI)Oc1ccon1. The van der Waals surface area contributed by atoms with Gasteiger partial charge in [0, 0.05) is 22.8 Å². The van der Waals surface area contributed by atoms with Crippen LogP contribution in [0, 0.1) is 0 Å². The third kappa shape index (κ3) is 19.2. The van der Waals surface area contributed by atoms with Crippen LogP contribution in [0.2, 0.25) is 0 Å². The third-order valence-electron chi connectivity index (χ3n) is 5.73. The number of nitrogens with one attached hydrogen (secondary N) is 1. The number of sulfonamides is 1. The minimum absolute atomic E-state index is 0.152. The van der Waals surface area contributed by atoms with Gasteiger partial charge in [0.15, 0.2) is 0 Å². The van der Waals surface area contributed by atoms with Crippen molar-refractivity contribution in [3.05, 3.63) is 12.3 Å². The maximum atomic E-state index is 12.1. The summed E-state index contributed by atoms with van der Waals surface area (Å²) in [5, 5.41) is 3.79. The fraction of sp³-hybridized carbons (Fsp3) is 0.880. The molecule has 0 aliphatic rings. The minimum Gasteiger partial charge on any atom is -0.470 e. The normalized spacial score (nSPS) is 12.8. The summed E-state index contributed by atoms with van der Waals surface area (Å²) in [5.74, 6) is 2.34. The number of alkyl halides is 1. The van der Waals surface area contributed by atoms with E-state index in [4.69, 9.17) is 9.26 Å².